The first-order valence-electron chi connectivity index (χ1n) is 13.4. The molecule has 14 heteroatoms. The Morgan fingerprint density at radius 3 is 2.55 bits per heavy atom. The maximum absolute atomic E-state index is 15.4. The maximum atomic E-state index is 15.4. The summed E-state index contributed by atoms with van der Waals surface area (Å²) in [7, 11) is -1.86. The molecular weight excluding hydrogens is 581 g/mol. The van der Waals surface area contributed by atoms with Crippen molar-refractivity contribution in [2.24, 2.45) is 5.14 Å². The minimum atomic E-state index is -3.90. The minimum absolute atomic E-state index is 0.0687. The molecule has 0 unspecified atom stereocenters. The Hall–Kier alpha value is -3.98. The van der Waals surface area contributed by atoms with E-state index >= 15 is 4.39 Å². The molecule has 11 nitrogen and oxygen atoms in total. The Kier molecular flexibility index (Phi) is 6.27. The number of pyridine rings is 1. The average Bonchev–Trinajstić information content (AvgIpc) is 3.65. The summed E-state index contributed by atoms with van der Waals surface area (Å²) in [6.07, 6.45) is 5.15. The van der Waals surface area contributed by atoms with Crippen LogP contribution in [-0.2, 0) is 10.0 Å². The largest absolute Gasteiger partial charge is 0.367 e. The van der Waals surface area contributed by atoms with Gasteiger partial charge in [-0.15, -0.1) is 5.10 Å². The van der Waals surface area contributed by atoms with Gasteiger partial charge in [-0.2, -0.15) is 9.50 Å². The average molecular weight is 608 g/mol. The lowest BCUT2D eigenvalue weighted by Crippen LogP contribution is -2.44. The highest BCUT2D eigenvalue weighted by Gasteiger charge is 2.28. The lowest BCUT2D eigenvalue weighted by atomic mass is 10.1. The van der Waals surface area contributed by atoms with E-state index in [9.17, 15) is 18.0 Å². The molecule has 0 amide bonds. The van der Waals surface area contributed by atoms with Crippen LogP contribution >= 0.6 is 11.3 Å². The summed E-state index contributed by atoms with van der Waals surface area (Å²) in [5.74, 6) is -0.359. The van der Waals surface area contributed by atoms with Crippen LogP contribution in [-0.4, -0.2) is 65.7 Å². The summed E-state index contributed by atoms with van der Waals surface area (Å²) in [5, 5.41) is 9.83. The van der Waals surface area contributed by atoms with Gasteiger partial charge in [-0.25, -0.2) is 17.9 Å². The van der Waals surface area contributed by atoms with Gasteiger partial charge in [0.25, 0.3) is 5.56 Å². The second kappa shape index (κ2) is 9.80. The highest BCUT2D eigenvalue weighted by Crippen LogP contribution is 2.39. The molecular formula is C28H26FN7O4S2. The van der Waals surface area contributed by atoms with Gasteiger partial charge in [-0.3, -0.25) is 9.59 Å². The number of rotatable bonds is 5. The fraction of sp³-hybridized carbons (Fsp3) is 0.286. The number of hydrogen-bond donors (Lipinski definition) is 1. The summed E-state index contributed by atoms with van der Waals surface area (Å²) in [5.41, 5.74) is 0.979. The molecule has 1 aliphatic heterocycles. The zero-order valence-corrected chi connectivity index (χ0v) is 24.2. The maximum Gasteiger partial charge on any atom is 0.291 e. The third-order valence-corrected chi connectivity index (χ3v) is 9.66. The van der Waals surface area contributed by atoms with Crippen molar-refractivity contribution in [2.75, 3.05) is 38.1 Å². The number of anilines is 1. The molecule has 7 rings (SSSR count). The Morgan fingerprint density at radius 2 is 1.86 bits per heavy atom. The SMILES string of the molecule is CN1CCN(c2cc3c(cc2F)c(=O)c(-c2nc4s/c(=C\c5cccc(S(N)(=O)=O)c5)c(=O)n4n2)cn3C2CC2)CC1. The normalized spacial score (nSPS) is 17.1. The van der Waals surface area contributed by atoms with Gasteiger partial charge in [-0.1, -0.05) is 23.5 Å². The van der Waals surface area contributed by atoms with Gasteiger partial charge >= 0.3 is 0 Å². The van der Waals surface area contributed by atoms with Crippen molar-refractivity contribution in [1.82, 2.24) is 24.1 Å². The Labute approximate surface area is 243 Å². The smallest absolute Gasteiger partial charge is 0.291 e. The first-order valence-corrected chi connectivity index (χ1v) is 15.8. The molecule has 42 heavy (non-hydrogen) atoms. The lowest BCUT2D eigenvalue weighted by molar-refractivity contribution is 0.312. The molecule has 4 heterocycles. The predicted octanol–water partition coefficient (Wildman–Crippen LogP) is 1.55. The zero-order valence-electron chi connectivity index (χ0n) is 22.5. The van der Waals surface area contributed by atoms with Crippen LogP contribution in [0.2, 0.25) is 0 Å². The van der Waals surface area contributed by atoms with E-state index in [2.05, 4.69) is 15.0 Å². The van der Waals surface area contributed by atoms with Crippen molar-refractivity contribution in [3.63, 3.8) is 0 Å². The van der Waals surface area contributed by atoms with Gasteiger partial charge < -0.3 is 14.4 Å². The van der Waals surface area contributed by atoms with Gasteiger partial charge in [0.1, 0.15) is 5.82 Å². The van der Waals surface area contributed by atoms with Gasteiger partial charge in [-0.05, 0) is 55.8 Å². The van der Waals surface area contributed by atoms with Crippen molar-refractivity contribution in [1.29, 1.82) is 0 Å². The molecule has 0 bridgehead atoms. The molecule has 0 spiro atoms. The fourth-order valence-corrected chi connectivity index (χ4v) is 6.82. The Bertz CT molecular complexity index is 2180. The number of halogens is 1. The monoisotopic (exact) mass is 607 g/mol. The number of primary sulfonamides is 1. The Morgan fingerprint density at radius 1 is 1.10 bits per heavy atom. The van der Waals surface area contributed by atoms with Gasteiger partial charge in [0, 0.05) is 43.8 Å². The van der Waals surface area contributed by atoms with E-state index in [1.54, 1.807) is 18.3 Å². The van der Waals surface area contributed by atoms with Crippen molar-refractivity contribution in [3.8, 4) is 11.4 Å². The molecule has 2 fully saturated rings. The number of nitrogens with zero attached hydrogens (tertiary/aromatic N) is 6. The van der Waals surface area contributed by atoms with Crippen LogP contribution in [0, 0.1) is 5.82 Å². The van der Waals surface area contributed by atoms with E-state index in [1.165, 1.54) is 30.3 Å². The van der Waals surface area contributed by atoms with Gasteiger partial charge in [0.15, 0.2) is 5.82 Å². The first-order chi connectivity index (χ1) is 20.1. The molecule has 0 atom stereocenters. The highest BCUT2D eigenvalue weighted by atomic mass is 32.2. The van der Waals surface area contributed by atoms with E-state index in [4.69, 9.17) is 5.14 Å². The third kappa shape index (κ3) is 4.69. The van der Waals surface area contributed by atoms with Crippen LogP contribution in [0.5, 0.6) is 0 Å². The van der Waals surface area contributed by atoms with Crippen LogP contribution in [0.1, 0.15) is 24.4 Å². The highest BCUT2D eigenvalue weighted by molar-refractivity contribution is 7.89. The van der Waals surface area contributed by atoms with Crippen LogP contribution in [0.4, 0.5) is 10.1 Å². The molecule has 2 N–H and O–H groups in total. The van der Waals surface area contributed by atoms with Gasteiger partial charge in [0.2, 0.25) is 20.4 Å². The summed E-state index contributed by atoms with van der Waals surface area (Å²) >= 11 is 1.06. The van der Waals surface area contributed by atoms with Gasteiger partial charge in [0.05, 0.1) is 26.2 Å². The number of fused-ring (bicyclic) bond motifs is 2. The zero-order chi connectivity index (χ0) is 29.3. The van der Waals surface area contributed by atoms with Crippen molar-refractivity contribution in [3.05, 3.63) is 79.1 Å². The first kappa shape index (κ1) is 26.9. The predicted molar refractivity (Wildman–Crippen MR) is 159 cm³/mol. The molecule has 1 aliphatic carbocycles. The van der Waals surface area contributed by atoms with Crippen LogP contribution in [0.15, 0.2) is 57.1 Å². The minimum Gasteiger partial charge on any atom is -0.367 e. The van der Waals surface area contributed by atoms with Crippen LogP contribution < -0.4 is 25.6 Å². The molecule has 1 saturated heterocycles. The quantitative estimate of drug-likeness (QED) is 0.318. The Balaban J connectivity index is 1.32. The number of benzene rings is 2. The summed E-state index contributed by atoms with van der Waals surface area (Å²) in [6.45, 7) is 3.07. The van der Waals surface area contributed by atoms with E-state index in [1.807, 2.05) is 16.5 Å². The fourth-order valence-electron chi connectivity index (χ4n) is 5.34. The topological polar surface area (TPSA) is 136 Å². The number of piperazine rings is 1. The number of likely N-dealkylation sites (N-methyl/N-ethyl adjacent to an activating group) is 1. The van der Waals surface area contributed by atoms with Crippen LogP contribution in [0.3, 0.4) is 0 Å². The van der Waals surface area contributed by atoms with Crippen LogP contribution in [0.25, 0.3) is 33.3 Å². The summed E-state index contributed by atoms with van der Waals surface area (Å²) < 4.78 is 42.3. The molecule has 0 radical (unpaired) electrons. The van der Waals surface area contributed by atoms with E-state index < -0.39 is 26.8 Å². The molecule has 216 valence electrons. The molecule has 1 saturated carbocycles. The number of hydrogen-bond acceptors (Lipinski definition) is 9. The number of aromatic nitrogens is 4. The van der Waals surface area contributed by atoms with E-state index in [0.717, 1.165) is 41.8 Å². The number of thiazole rings is 1. The molecule has 5 aromatic rings. The number of sulfonamides is 1. The summed E-state index contributed by atoms with van der Waals surface area (Å²) in [4.78, 5) is 35.7. The molecule has 3 aromatic heterocycles. The third-order valence-electron chi connectivity index (χ3n) is 7.79. The summed E-state index contributed by atoms with van der Waals surface area (Å²) in [6, 6.07) is 9.21. The number of nitrogens with two attached hydrogens (primary N) is 1. The van der Waals surface area contributed by atoms with E-state index in [-0.39, 0.29) is 37.2 Å². The van der Waals surface area contributed by atoms with Crippen molar-refractivity contribution < 1.29 is 12.8 Å². The lowest BCUT2D eigenvalue weighted by Gasteiger charge is -2.34. The van der Waals surface area contributed by atoms with E-state index in [0.29, 0.717) is 29.9 Å². The molecule has 2 aliphatic rings. The molecule has 2 aromatic carbocycles. The second-order valence-corrected chi connectivity index (χ2v) is 13.4. The van der Waals surface area contributed by atoms with Crippen molar-refractivity contribution in [2.45, 2.75) is 23.8 Å². The second-order valence-electron chi connectivity index (χ2n) is 10.8. The standard InChI is InChI=1S/C28H26FN7O4S2/c1-33-7-9-34(10-8-33)23-14-22-19(13-21(23)29)25(37)20(15-35(22)17-5-6-17)26-31-28-36(32-26)27(38)24(41-28)12-16-3-2-4-18(11-16)42(30,39)40/h2-4,11-15,17H,5-10H2,1H3,(H2,30,39,40)/b24-12-. The van der Waals surface area contributed by atoms with Crippen molar-refractivity contribution >= 4 is 49.0 Å².